The van der Waals surface area contributed by atoms with Crippen LogP contribution in [-0.2, 0) is 26.7 Å². The second-order valence-electron chi connectivity index (χ2n) is 24.7. The van der Waals surface area contributed by atoms with E-state index in [1.165, 1.54) is 51.1 Å². The average Bonchev–Trinajstić information content (AvgIpc) is 0.779. The number of carboxylic acid groups (broad SMARTS) is 1. The Morgan fingerprint density at radius 2 is 0.664 bits per heavy atom. The van der Waals surface area contributed by atoms with Gasteiger partial charge in [0.1, 0.15) is 15.7 Å². The van der Waals surface area contributed by atoms with Crippen LogP contribution in [0.4, 0.5) is 22.7 Å². The van der Waals surface area contributed by atoms with Gasteiger partial charge < -0.3 is 25.7 Å². The topological polar surface area (TPSA) is 422 Å². The fourth-order valence-corrected chi connectivity index (χ4v) is 11.1. The van der Waals surface area contributed by atoms with Crippen LogP contribution >= 0.6 is 73.9 Å². The molecule has 32 nitrogen and oxygen atoms in total. The smallest absolute Gasteiger partial charge is 0.343 e. The zero-order valence-electron chi connectivity index (χ0n) is 67.0. The zero-order chi connectivity index (χ0) is 86.9. The molecule has 0 aliphatic heterocycles. The third-order valence-electron chi connectivity index (χ3n) is 15.8. The van der Waals surface area contributed by atoms with Crippen molar-refractivity contribution in [2.45, 2.75) is 90.0 Å². The Labute approximate surface area is 715 Å². The number of aromatic nitrogens is 11. The average molecular weight is 1820 g/mol. The van der Waals surface area contributed by atoms with Crippen molar-refractivity contribution >= 4 is 108 Å². The Bertz CT molecular complexity index is 4780. The predicted octanol–water partition coefficient (Wildman–Crippen LogP) is 11.5. The Hall–Kier alpha value is -11.0. The van der Waals surface area contributed by atoms with Crippen molar-refractivity contribution in [2.75, 3.05) is 57.4 Å². The van der Waals surface area contributed by atoms with E-state index in [9.17, 15) is 66.7 Å². The van der Waals surface area contributed by atoms with Gasteiger partial charge in [-0.15, -0.1) is 23.2 Å². The van der Waals surface area contributed by atoms with Gasteiger partial charge in [-0.25, -0.2) is 4.98 Å². The van der Waals surface area contributed by atoms with Crippen LogP contribution < -0.4 is 53.0 Å². The maximum absolute atomic E-state index is 11.0. The Morgan fingerprint density at radius 3 is 0.905 bits per heavy atom. The summed E-state index contributed by atoms with van der Waals surface area (Å²) in [6.45, 7) is 22.4. The molecule has 0 spiro atoms. The summed E-state index contributed by atoms with van der Waals surface area (Å²) in [6.07, 6.45) is 16.5. The predicted molar refractivity (Wildman–Crippen MR) is 435 cm³/mol. The fourth-order valence-electron chi connectivity index (χ4n) is 10.6. The summed E-state index contributed by atoms with van der Waals surface area (Å²) in [5.41, 5.74) is 14.7. The number of nitrogens with one attached hydrogen (secondary N) is 1. The van der Waals surface area contributed by atoms with Gasteiger partial charge in [0.15, 0.2) is 0 Å². The molecule has 0 aliphatic carbocycles. The van der Waals surface area contributed by atoms with E-state index in [0.29, 0.717) is 64.8 Å². The number of aliphatic carboxylic acids is 1. The third kappa shape index (κ3) is 30.3. The number of carbonyl (C=O) groups excluding carboxylic acids is 1. The van der Waals surface area contributed by atoms with Crippen molar-refractivity contribution in [3.63, 3.8) is 0 Å². The maximum atomic E-state index is 11.0. The molecule has 116 heavy (non-hydrogen) atoms. The molecule has 11 rings (SSSR count). The minimum absolute atomic E-state index is 0. The van der Waals surface area contributed by atoms with Crippen LogP contribution in [0.3, 0.4) is 0 Å². The number of alkyl halides is 2. The second-order valence-corrected chi connectivity index (χ2v) is 27.6. The standard InChI is InChI=1S/C16H24N4O2.C12H12Cl2N2O2.C12H12N4O6.C12H14N2O2.C12H12N2.C6H6BrN.C2H3ClO.C2H7N.C2H4O2.CH2Cl2.Cu.H2O/c1-11-13(17(3)4)7-9-19(21)15(11)16-12(2)14(18(5)6)8-10-20(16)22;1-7-9(13)3-5-15(17)11(7)12-8(2)10(14)4-6-16(12)18;1-7-9(15(19)20)3-5-13(17)11(7)12-8(2)10(16(21)22)4-6-14(12)18;1-9-5-3-7-13(15)11(9)12-10(2)6-4-8-14(12)16;1-9-5-3-7-13-11(9)12-10(2)6-4-8-14-12;1-5-3-2-4-8-6(5)7;1-2(3)4;1-3-2;1-2(3)4;2-1-3;;/h7-10,21-22H,1-6H3;3-6,17-18H,1-2H3;3-6,17-18H,1-2H3;3-8,15-16H,1-2H3;3-8H,1-2H3;2-4H,1H3;1H3;3H,1-2H3;1H3,(H,3,4);1H2;;1H2/q4*+2;;;;;;;;. The number of halogens is 6. The quantitative estimate of drug-likeness (QED) is 0.00938. The summed E-state index contributed by atoms with van der Waals surface area (Å²) in [7, 11) is 11.5. The Kier molecular flexibility index (Phi) is 46.2. The van der Waals surface area contributed by atoms with Crippen LogP contribution in [-0.4, -0.2) is 136 Å². The second kappa shape index (κ2) is 51.0. The van der Waals surface area contributed by atoms with Gasteiger partial charge in [0, 0.05) is 163 Å². The molecule has 0 amide bonds. The summed E-state index contributed by atoms with van der Waals surface area (Å²) in [5, 5.41) is 113. The van der Waals surface area contributed by atoms with E-state index >= 15 is 0 Å². The molecule has 0 saturated heterocycles. The first kappa shape index (κ1) is 105. The van der Waals surface area contributed by atoms with Gasteiger partial charge in [0.2, 0.25) is 54.8 Å². The molecule has 1 radical (unpaired) electrons. The zero-order valence-corrected chi connectivity index (χ0v) is 73.4. The van der Waals surface area contributed by atoms with Crippen molar-refractivity contribution in [2.24, 2.45) is 0 Å². The summed E-state index contributed by atoms with van der Waals surface area (Å²) in [4.78, 5) is 55.6. The first-order chi connectivity index (χ1) is 53.4. The molecule has 0 aromatic carbocycles. The molecule has 627 valence electrons. The van der Waals surface area contributed by atoms with E-state index in [4.69, 9.17) is 56.3 Å². The van der Waals surface area contributed by atoms with Crippen LogP contribution in [0, 0.1) is 96.4 Å². The molecule has 0 saturated carbocycles. The van der Waals surface area contributed by atoms with Crippen LogP contribution in [0.15, 0.2) is 170 Å². The number of anilines is 2. The van der Waals surface area contributed by atoms with Crippen LogP contribution in [0.2, 0.25) is 10.0 Å². The molecule has 0 atom stereocenters. The van der Waals surface area contributed by atoms with Gasteiger partial charge in [0.05, 0.1) is 82.4 Å². The van der Waals surface area contributed by atoms with Gasteiger partial charge in [-0.05, 0) is 165 Å². The summed E-state index contributed by atoms with van der Waals surface area (Å²) < 4.78 is 8.03. The molecule has 0 aliphatic rings. The number of aryl methyl sites for hydroxylation is 5. The Morgan fingerprint density at radius 1 is 0.431 bits per heavy atom. The van der Waals surface area contributed by atoms with Crippen LogP contribution in [0.1, 0.15) is 75.0 Å². The maximum Gasteiger partial charge on any atom is 0.343 e. The largest absolute Gasteiger partial charge is 0.481 e. The van der Waals surface area contributed by atoms with Gasteiger partial charge in [0.25, 0.3) is 17.3 Å². The number of hydrogen-bond donors (Lipinski definition) is 10. The fraction of sp³-hybridized carbons (Fsp3) is 0.260. The summed E-state index contributed by atoms with van der Waals surface area (Å²) >= 11 is 29.5. The monoisotopic (exact) mass is 1820 g/mol. The van der Waals surface area contributed by atoms with E-state index < -0.39 is 15.8 Å². The summed E-state index contributed by atoms with van der Waals surface area (Å²) in [6, 6.07) is 28.2. The number of carbonyl (C=O) groups is 2. The molecular formula is C77H98BrCl5CuN16O16+8. The number of carboxylic acids is 1. The number of hydrogen-bond acceptors (Lipinski definition) is 20. The van der Waals surface area contributed by atoms with Crippen molar-refractivity contribution in [3.05, 3.63) is 261 Å². The van der Waals surface area contributed by atoms with E-state index in [1.54, 1.807) is 69.1 Å². The van der Waals surface area contributed by atoms with Gasteiger partial charge >= 0.3 is 45.6 Å². The minimum Gasteiger partial charge on any atom is -0.481 e. The SMILES string of the molecule is CC(=O)Cl.CC(=O)O.CNC.Cc1c(Cl)cc[n+](O)c1-c1c(C)c(Cl)cc[n+]1O.Cc1c(N(C)C)cc[n+](O)c1-c1c(C)c(N(C)C)cc[n+]1O.Cc1c([N+](=O)[O-])cc[n+](O)c1-c1c(C)c([N+](=O)[O-])cc[n+]1O.Cc1ccc[n+](O)c1-c1c(C)ccc[n+]1O.Cc1cccnc1-c1ncccc1C.Cc1cccnc1Br.ClCCl.O.[Cu]. The normalized spacial score (nSPS) is 9.70. The molecule has 12 N–H and O–H groups in total. The van der Waals surface area contributed by atoms with Crippen molar-refractivity contribution in [3.8, 4) is 56.9 Å². The summed E-state index contributed by atoms with van der Waals surface area (Å²) in [5.74, 6) is -0.833. The van der Waals surface area contributed by atoms with Gasteiger partial charge in [-0.3, -0.25) is 81.4 Å². The number of rotatable bonds is 9. The first-order valence-electron chi connectivity index (χ1n) is 33.7. The van der Waals surface area contributed by atoms with Crippen molar-refractivity contribution in [1.82, 2.24) is 20.3 Å². The van der Waals surface area contributed by atoms with E-state index in [2.05, 4.69) is 73.8 Å². The number of pyridine rings is 11. The van der Waals surface area contributed by atoms with Crippen LogP contribution in [0.5, 0.6) is 0 Å². The molecular weight excluding hydrogens is 1730 g/mol. The molecule has 0 fully saturated rings. The van der Waals surface area contributed by atoms with Crippen molar-refractivity contribution < 1.29 is 127 Å². The van der Waals surface area contributed by atoms with E-state index in [1.807, 2.05) is 135 Å². The van der Waals surface area contributed by atoms with E-state index in [0.717, 1.165) is 121 Å². The minimum atomic E-state index is -0.833. The number of nitrogens with zero attached hydrogens (tertiary/aromatic N) is 15. The third-order valence-corrected chi connectivity index (χ3v) is 17.4. The molecule has 39 heteroatoms. The van der Waals surface area contributed by atoms with Gasteiger partial charge in [-0.1, -0.05) is 41.4 Å². The van der Waals surface area contributed by atoms with Gasteiger partial charge in [-0.2, -0.15) is 0 Å². The number of nitro groups is 2. The molecule has 0 unspecified atom stereocenters. The first-order valence-corrected chi connectivity index (χ1v) is 36.7. The van der Waals surface area contributed by atoms with E-state index in [-0.39, 0.29) is 67.0 Å². The Balaban J connectivity index is 0.00000134. The molecule has 11 aromatic rings. The van der Waals surface area contributed by atoms with Crippen molar-refractivity contribution in [1.29, 1.82) is 0 Å². The molecule has 11 aromatic heterocycles. The van der Waals surface area contributed by atoms with Crippen LogP contribution in [0.25, 0.3) is 56.9 Å². The molecule has 11 heterocycles. The molecule has 0 bridgehead atoms.